The normalized spacial score (nSPS) is 16.9. The largest absolute Gasteiger partial charge is 0.481 e. The number of benzene rings is 1. The van der Waals surface area contributed by atoms with Crippen LogP contribution < -0.4 is 4.74 Å². The number of para-hydroxylation sites is 1. The summed E-state index contributed by atoms with van der Waals surface area (Å²) in [7, 11) is 0. The summed E-state index contributed by atoms with van der Waals surface area (Å²) in [6.07, 6.45) is 2.53. The molecule has 1 aliphatic rings. The molecular weight excluding hydrogens is 381 g/mol. The van der Waals surface area contributed by atoms with Gasteiger partial charge in [0.15, 0.2) is 18.2 Å². The minimum atomic E-state index is -0.468. The number of amides is 1. The molecule has 8 heteroatoms. The van der Waals surface area contributed by atoms with Crippen LogP contribution in [-0.4, -0.2) is 40.6 Å². The van der Waals surface area contributed by atoms with Crippen LogP contribution in [0.1, 0.15) is 18.7 Å². The fourth-order valence-corrected chi connectivity index (χ4v) is 3.98. The number of halogens is 1. The summed E-state index contributed by atoms with van der Waals surface area (Å²) in [4.78, 5) is 18.7. The van der Waals surface area contributed by atoms with Crippen LogP contribution in [0.25, 0.3) is 11.4 Å². The van der Waals surface area contributed by atoms with Crippen LogP contribution >= 0.6 is 11.3 Å². The molecular formula is C20H20FN3O3S. The average molecular weight is 401 g/mol. The molecule has 146 valence electrons. The van der Waals surface area contributed by atoms with Crippen molar-refractivity contribution in [3.05, 3.63) is 52.8 Å². The van der Waals surface area contributed by atoms with Gasteiger partial charge < -0.3 is 14.2 Å². The number of hydrogen-bond acceptors (Lipinski definition) is 6. The lowest BCUT2D eigenvalue weighted by Crippen LogP contribution is -2.42. The highest BCUT2D eigenvalue weighted by Gasteiger charge is 2.26. The fourth-order valence-electron chi connectivity index (χ4n) is 3.34. The van der Waals surface area contributed by atoms with Gasteiger partial charge in [-0.05, 0) is 42.3 Å². The third kappa shape index (κ3) is 4.39. The predicted octanol–water partition coefficient (Wildman–Crippen LogP) is 3.80. The Balaban J connectivity index is 1.31. The fraction of sp³-hybridized carbons (Fsp3) is 0.350. The predicted molar refractivity (Wildman–Crippen MR) is 103 cm³/mol. The van der Waals surface area contributed by atoms with E-state index in [1.54, 1.807) is 28.4 Å². The summed E-state index contributed by atoms with van der Waals surface area (Å²) in [6, 6.07) is 8.04. The summed E-state index contributed by atoms with van der Waals surface area (Å²) in [6.45, 7) is 1.12. The smallest absolute Gasteiger partial charge is 0.260 e. The highest BCUT2D eigenvalue weighted by molar-refractivity contribution is 7.08. The Hall–Kier alpha value is -2.74. The van der Waals surface area contributed by atoms with Gasteiger partial charge in [0.1, 0.15) is 0 Å². The molecule has 28 heavy (non-hydrogen) atoms. The molecule has 6 nitrogen and oxygen atoms in total. The molecule has 0 N–H and O–H groups in total. The first-order valence-electron chi connectivity index (χ1n) is 9.19. The summed E-state index contributed by atoms with van der Waals surface area (Å²) in [5.41, 5.74) is 0.950. The molecule has 2 aromatic heterocycles. The van der Waals surface area contributed by atoms with Gasteiger partial charge in [-0.25, -0.2) is 4.39 Å². The SMILES string of the molecule is O=C(COc1ccccc1F)N1CCCC(Cc2nc(-c3ccsc3)no2)C1. The Kier molecular flexibility index (Phi) is 5.66. The topological polar surface area (TPSA) is 68.5 Å². The Morgan fingerprint density at radius 2 is 2.25 bits per heavy atom. The van der Waals surface area contributed by atoms with Crippen molar-refractivity contribution < 1.29 is 18.4 Å². The first-order chi connectivity index (χ1) is 13.7. The second-order valence-electron chi connectivity index (χ2n) is 6.79. The molecule has 0 radical (unpaired) electrons. The second kappa shape index (κ2) is 8.52. The molecule has 1 amide bonds. The quantitative estimate of drug-likeness (QED) is 0.629. The molecule has 1 aromatic carbocycles. The molecule has 1 atom stereocenters. The summed E-state index contributed by atoms with van der Waals surface area (Å²) in [5.74, 6) is 0.918. The molecule has 0 bridgehead atoms. The zero-order chi connectivity index (χ0) is 19.3. The van der Waals surface area contributed by atoms with Crippen LogP contribution in [0.2, 0.25) is 0 Å². The van der Waals surface area contributed by atoms with Crippen molar-refractivity contribution in [2.75, 3.05) is 19.7 Å². The van der Waals surface area contributed by atoms with E-state index in [0.717, 1.165) is 18.4 Å². The van der Waals surface area contributed by atoms with Gasteiger partial charge in [0.2, 0.25) is 11.7 Å². The number of hydrogen-bond donors (Lipinski definition) is 0. The van der Waals surface area contributed by atoms with Crippen LogP contribution in [-0.2, 0) is 11.2 Å². The van der Waals surface area contributed by atoms with Crippen LogP contribution in [0.5, 0.6) is 5.75 Å². The average Bonchev–Trinajstić information content (AvgIpc) is 3.39. The van der Waals surface area contributed by atoms with Crippen LogP contribution in [0.15, 0.2) is 45.6 Å². The molecule has 0 spiro atoms. The van der Waals surface area contributed by atoms with Crippen molar-refractivity contribution in [3.8, 4) is 17.1 Å². The zero-order valence-electron chi connectivity index (χ0n) is 15.2. The number of carbonyl (C=O) groups is 1. The molecule has 0 aliphatic carbocycles. The first-order valence-corrected chi connectivity index (χ1v) is 10.1. The van der Waals surface area contributed by atoms with Crippen molar-refractivity contribution >= 4 is 17.2 Å². The lowest BCUT2D eigenvalue weighted by molar-refractivity contribution is -0.135. The summed E-state index contributed by atoms with van der Waals surface area (Å²) >= 11 is 1.59. The lowest BCUT2D eigenvalue weighted by atomic mass is 9.95. The molecule has 3 heterocycles. The third-order valence-corrected chi connectivity index (χ3v) is 5.45. The van der Waals surface area contributed by atoms with Gasteiger partial charge in [0.05, 0.1) is 0 Å². The van der Waals surface area contributed by atoms with Gasteiger partial charge in [-0.15, -0.1) is 0 Å². The molecule has 0 saturated carbocycles. The summed E-state index contributed by atoms with van der Waals surface area (Å²) < 4.78 is 24.3. The number of carbonyl (C=O) groups excluding carboxylic acids is 1. The molecule has 1 unspecified atom stereocenters. The Morgan fingerprint density at radius 1 is 1.36 bits per heavy atom. The van der Waals surface area contributed by atoms with Crippen LogP contribution in [0.4, 0.5) is 4.39 Å². The Morgan fingerprint density at radius 3 is 3.07 bits per heavy atom. The number of thiophene rings is 1. The molecule has 1 fully saturated rings. The van der Waals surface area contributed by atoms with Crippen molar-refractivity contribution in [1.29, 1.82) is 0 Å². The van der Waals surface area contributed by atoms with E-state index in [4.69, 9.17) is 9.26 Å². The maximum atomic E-state index is 13.6. The van der Waals surface area contributed by atoms with Crippen molar-refractivity contribution in [3.63, 3.8) is 0 Å². The zero-order valence-corrected chi connectivity index (χ0v) is 16.0. The number of rotatable bonds is 6. The first kappa shape index (κ1) is 18.6. The van der Waals surface area contributed by atoms with Gasteiger partial charge in [0.25, 0.3) is 5.91 Å². The third-order valence-electron chi connectivity index (χ3n) is 4.77. The maximum absolute atomic E-state index is 13.6. The van der Waals surface area contributed by atoms with E-state index >= 15 is 0 Å². The van der Waals surface area contributed by atoms with Gasteiger partial charge >= 0.3 is 0 Å². The van der Waals surface area contributed by atoms with Crippen LogP contribution in [0.3, 0.4) is 0 Å². The summed E-state index contributed by atoms with van der Waals surface area (Å²) in [5, 5.41) is 7.98. The van der Waals surface area contributed by atoms with Crippen molar-refractivity contribution in [2.45, 2.75) is 19.3 Å². The van der Waals surface area contributed by atoms with Gasteiger partial charge in [-0.1, -0.05) is 17.3 Å². The minimum absolute atomic E-state index is 0.0937. The number of aromatic nitrogens is 2. The lowest BCUT2D eigenvalue weighted by Gasteiger charge is -2.32. The second-order valence-corrected chi connectivity index (χ2v) is 7.58. The monoisotopic (exact) mass is 401 g/mol. The van der Waals surface area contributed by atoms with E-state index in [2.05, 4.69) is 10.1 Å². The van der Waals surface area contributed by atoms with Crippen LogP contribution in [0, 0.1) is 11.7 Å². The van der Waals surface area contributed by atoms with Gasteiger partial charge in [0, 0.05) is 30.5 Å². The van der Waals surface area contributed by atoms with Crippen molar-refractivity contribution in [1.82, 2.24) is 15.0 Å². The van der Waals surface area contributed by atoms with Gasteiger partial charge in [-0.3, -0.25) is 4.79 Å². The number of piperidine rings is 1. The number of nitrogens with zero attached hydrogens (tertiary/aromatic N) is 3. The van der Waals surface area contributed by atoms with E-state index < -0.39 is 5.82 Å². The van der Waals surface area contributed by atoms with E-state index in [1.807, 2.05) is 16.8 Å². The van der Waals surface area contributed by atoms with E-state index in [-0.39, 0.29) is 24.2 Å². The van der Waals surface area contributed by atoms with E-state index in [1.165, 1.54) is 12.1 Å². The highest BCUT2D eigenvalue weighted by Crippen LogP contribution is 2.23. The molecule has 3 aromatic rings. The maximum Gasteiger partial charge on any atom is 0.260 e. The van der Waals surface area contributed by atoms with E-state index in [9.17, 15) is 9.18 Å². The molecule has 4 rings (SSSR count). The Bertz CT molecular complexity index is 928. The van der Waals surface area contributed by atoms with Crippen molar-refractivity contribution in [2.24, 2.45) is 5.92 Å². The highest BCUT2D eigenvalue weighted by atomic mass is 32.1. The molecule has 1 aliphatic heterocycles. The number of likely N-dealkylation sites (tertiary alicyclic amines) is 1. The van der Waals surface area contributed by atoms with E-state index in [0.29, 0.717) is 31.2 Å². The minimum Gasteiger partial charge on any atom is -0.481 e. The number of ether oxygens (including phenoxy) is 1. The standard InChI is InChI=1S/C20H20FN3O3S/c21-16-5-1-2-6-17(16)26-12-19(25)24-8-3-4-14(11-24)10-18-22-20(23-27-18)15-7-9-28-13-15/h1-2,5-7,9,13-14H,3-4,8,10-12H2. The van der Waals surface area contributed by atoms with Gasteiger partial charge in [-0.2, -0.15) is 16.3 Å². The Labute approximate surface area is 165 Å². The molecule has 1 saturated heterocycles.